The molecular formula is C15H23ClN2O2. The number of nitrogens with one attached hydrogen (secondary N) is 1. The van der Waals surface area contributed by atoms with Gasteiger partial charge in [0.1, 0.15) is 0 Å². The third-order valence-electron chi connectivity index (χ3n) is 3.57. The molecule has 1 aliphatic rings. The molecule has 0 bridgehead atoms. The second kappa shape index (κ2) is 8.95. The van der Waals surface area contributed by atoms with Crippen LogP contribution in [0.3, 0.4) is 0 Å². The summed E-state index contributed by atoms with van der Waals surface area (Å²) in [6, 6.07) is 10.4. The van der Waals surface area contributed by atoms with Crippen LogP contribution in [0.25, 0.3) is 0 Å². The van der Waals surface area contributed by atoms with Crippen LogP contribution < -0.4 is 5.32 Å². The number of nitrogens with zero attached hydrogens (tertiary/aromatic N) is 1. The molecule has 0 saturated carbocycles. The molecule has 20 heavy (non-hydrogen) atoms. The van der Waals surface area contributed by atoms with E-state index in [1.165, 1.54) is 5.56 Å². The maximum Gasteiger partial charge on any atom is 0.236 e. The Kier molecular flexibility index (Phi) is 7.59. The molecule has 1 N–H and O–H groups in total. The number of hydrogen-bond donors (Lipinski definition) is 1. The lowest BCUT2D eigenvalue weighted by molar-refractivity contribution is -0.129. The lowest BCUT2D eigenvalue weighted by atomic mass is 9.99. The largest absolute Gasteiger partial charge is 0.383 e. The minimum absolute atomic E-state index is 0. The molecule has 1 aliphatic heterocycles. The molecule has 4 nitrogen and oxygen atoms in total. The van der Waals surface area contributed by atoms with Crippen LogP contribution in [0.1, 0.15) is 17.9 Å². The van der Waals surface area contributed by atoms with Gasteiger partial charge in [-0.2, -0.15) is 0 Å². The van der Waals surface area contributed by atoms with E-state index in [2.05, 4.69) is 29.6 Å². The minimum atomic E-state index is 0. The number of amides is 1. The molecule has 1 heterocycles. The Hall–Kier alpha value is -1.10. The molecule has 2 rings (SSSR count). The van der Waals surface area contributed by atoms with E-state index in [1.807, 2.05) is 11.0 Å². The first-order valence-corrected chi connectivity index (χ1v) is 6.83. The number of likely N-dealkylation sites (tertiary alicyclic amines) is 1. The lowest BCUT2D eigenvalue weighted by Crippen LogP contribution is -2.37. The molecule has 1 aromatic rings. The van der Waals surface area contributed by atoms with Crippen molar-refractivity contribution in [1.29, 1.82) is 0 Å². The van der Waals surface area contributed by atoms with Crippen molar-refractivity contribution in [3.63, 3.8) is 0 Å². The first kappa shape index (κ1) is 17.0. The van der Waals surface area contributed by atoms with Crippen molar-refractivity contribution in [2.24, 2.45) is 0 Å². The molecule has 0 radical (unpaired) electrons. The van der Waals surface area contributed by atoms with Crippen molar-refractivity contribution >= 4 is 18.3 Å². The number of ether oxygens (including phenoxy) is 1. The number of hydrogen-bond acceptors (Lipinski definition) is 3. The Morgan fingerprint density at radius 2 is 2.15 bits per heavy atom. The molecule has 1 aromatic carbocycles. The molecule has 0 spiro atoms. The first-order valence-electron chi connectivity index (χ1n) is 6.83. The van der Waals surface area contributed by atoms with Gasteiger partial charge in [0.15, 0.2) is 0 Å². The van der Waals surface area contributed by atoms with Crippen LogP contribution >= 0.6 is 12.4 Å². The summed E-state index contributed by atoms with van der Waals surface area (Å²) in [5.74, 6) is 0.679. The van der Waals surface area contributed by atoms with Crippen LogP contribution in [-0.2, 0) is 9.53 Å². The van der Waals surface area contributed by atoms with E-state index in [-0.39, 0.29) is 18.3 Å². The van der Waals surface area contributed by atoms with E-state index in [9.17, 15) is 4.79 Å². The fourth-order valence-corrected chi connectivity index (χ4v) is 2.47. The quantitative estimate of drug-likeness (QED) is 0.812. The summed E-state index contributed by atoms with van der Waals surface area (Å²) in [5, 5.41) is 3.10. The Morgan fingerprint density at radius 1 is 1.40 bits per heavy atom. The molecule has 0 aromatic heterocycles. The Morgan fingerprint density at radius 3 is 2.85 bits per heavy atom. The Labute approximate surface area is 126 Å². The highest BCUT2D eigenvalue weighted by Gasteiger charge is 2.26. The predicted octanol–water partition coefficient (Wildman–Crippen LogP) is 1.66. The van der Waals surface area contributed by atoms with E-state index < -0.39 is 0 Å². The summed E-state index contributed by atoms with van der Waals surface area (Å²) >= 11 is 0. The fourth-order valence-electron chi connectivity index (χ4n) is 2.47. The molecule has 1 atom stereocenters. The fraction of sp³-hybridized carbons (Fsp3) is 0.533. The third kappa shape index (κ3) is 4.78. The average molecular weight is 299 g/mol. The third-order valence-corrected chi connectivity index (χ3v) is 3.57. The SMILES string of the molecule is COCCNCC(=O)N1CCC(c2ccccc2)C1.Cl. The molecule has 1 fully saturated rings. The average Bonchev–Trinajstić information content (AvgIpc) is 2.94. The summed E-state index contributed by atoms with van der Waals surface area (Å²) in [5.41, 5.74) is 1.34. The van der Waals surface area contributed by atoms with Crippen molar-refractivity contribution in [2.75, 3.05) is 39.9 Å². The minimum Gasteiger partial charge on any atom is -0.383 e. The van der Waals surface area contributed by atoms with Crippen LogP contribution in [0.2, 0.25) is 0 Å². The van der Waals surface area contributed by atoms with Crippen LogP contribution in [0.5, 0.6) is 0 Å². The zero-order valence-electron chi connectivity index (χ0n) is 11.9. The van der Waals surface area contributed by atoms with Gasteiger partial charge in [0.25, 0.3) is 0 Å². The Balaban J connectivity index is 0.00000200. The van der Waals surface area contributed by atoms with Gasteiger partial charge in [-0.15, -0.1) is 12.4 Å². The summed E-state index contributed by atoms with van der Waals surface area (Å²) in [7, 11) is 1.66. The van der Waals surface area contributed by atoms with Gasteiger partial charge >= 0.3 is 0 Å². The molecule has 0 aliphatic carbocycles. The van der Waals surface area contributed by atoms with E-state index in [0.717, 1.165) is 26.1 Å². The van der Waals surface area contributed by atoms with Crippen LogP contribution in [0.15, 0.2) is 30.3 Å². The zero-order chi connectivity index (χ0) is 13.5. The van der Waals surface area contributed by atoms with Crippen LogP contribution in [0.4, 0.5) is 0 Å². The van der Waals surface area contributed by atoms with E-state index >= 15 is 0 Å². The molecule has 5 heteroatoms. The predicted molar refractivity (Wildman–Crippen MR) is 82.4 cm³/mol. The van der Waals surface area contributed by atoms with Gasteiger partial charge < -0.3 is 15.0 Å². The number of methoxy groups -OCH3 is 1. The monoisotopic (exact) mass is 298 g/mol. The molecule has 1 unspecified atom stereocenters. The highest BCUT2D eigenvalue weighted by molar-refractivity contribution is 5.85. The molecule has 1 amide bonds. The Bertz CT molecular complexity index is 400. The van der Waals surface area contributed by atoms with Crippen molar-refractivity contribution in [2.45, 2.75) is 12.3 Å². The zero-order valence-corrected chi connectivity index (χ0v) is 12.7. The van der Waals surface area contributed by atoms with Crippen molar-refractivity contribution < 1.29 is 9.53 Å². The van der Waals surface area contributed by atoms with Gasteiger partial charge in [-0.05, 0) is 12.0 Å². The van der Waals surface area contributed by atoms with Gasteiger partial charge in [0, 0.05) is 32.7 Å². The van der Waals surface area contributed by atoms with Crippen LogP contribution in [-0.4, -0.2) is 50.7 Å². The maximum atomic E-state index is 12.0. The van der Waals surface area contributed by atoms with Crippen LogP contribution in [0, 0.1) is 0 Å². The summed E-state index contributed by atoms with van der Waals surface area (Å²) < 4.78 is 4.94. The summed E-state index contributed by atoms with van der Waals surface area (Å²) in [6.45, 7) is 3.47. The highest BCUT2D eigenvalue weighted by atomic mass is 35.5. The number of halogens is 1. The van der Waals surface area contributed by atoms with Crippen molar-refractivity contribution in [3.05, 3.63) is 35.9 Å². The molecule has 1 saturated heterocycles. The summed E-state index contributed by atoms with van der Waals surface area (Å²) in [4.78, 5) is 14.0. The lowest BCUT2D eigenvalue weighted by Gasteiger charge is -2.17. The van der Waals surface area contributed by atoms with Gasteiger partial charge in [0.05, 0.1) is 13.2 Å². The van der Waals surface area contributed by atoms with Gasteiger partial charge in [-0.3, -0.25) is 4.79 Å². The number of benzene rings is 1. The van der Waals surface area contributed by atoms with Crippen molar-refractivity contribution in [3.8, 4) is 0 Å². The van der Waals surface area contributed by atoms with E-state index in [1.54, 1.807) is 7.11 Å². The second-order valence-electron chi connectivity index (χ2n) is 4.91. The standard InChI is InChI=1S/C15H22N2O2.ClH/c1-19-10-8-16-11-15(18)17-9-7-14(12-17)13-5-3-2-4-6-13;/h2-6,14,16H,7-12H2,1H3;1H. The van der Waals surface area contributed by atoms with Crippen molar-refractivity contribution in [1.82, 2.24) is 10.2 Å². The highest BCUT2D eigenvalue weighted by Crippen LogP contribution is 2.26. The summed E-state index contributed by atoms with van der Waals surface area (Å²) in [6.07, 6.45) is 1.06. The van der Waals surface area contributed by atoms with E-state index in [0.29, 0.717) is 19.1 Å². The second-order valence-corrected chi connectivity index (χ2v) is 4.91. The maximum absolute atomic E-state index is 12.0. The van der Waals surface area contributed by atoms with Gasteiger partial charge in [-0.1, -0.05) is 30.3 Å². The number of rotatable bonds is 6. The topological polar surface area (TPSA) is 41.6 Å². The molecular weight excluding hydrogens is 276 g/mol. The van der Waals surface area contributed by atoms with E-state index in [4.69, 9.17) is 4.74 Å². The normalized spacial score (nSPS) is 17.9. The van der Waals surface area contributed by atoms with Gasteiger partial charge in [0.2, 0.25) is 5.91 Å². The first-order chi connectivity index (χ1) is 9.31. The number of carbonyl (C=O) groups excluding carboxylic acids is 1. The smallest absolute Gasteiger partial charge is 0.236 e. The van der Waals surface area contributed by atoms with Gasteiger partial charge in [-0.25, -0.2) is 0 Å². The number of carbonyl (C=O) groups is 1. The molecule has 112 valence electrons.